The minimum absolute atomic E-state index is 0.0312. The van der Waals surface area contributed by atoms with Crippen molar-refractivity contribution in [1.29, 1.82) is 0 Å². The second-order valence-corrected chi connectivity index (χ2v) is 9.62. The average Bonchev–Trinajstić information content (AvgIpc) is 3.11. The van der Waals surface area contributed by atoms with Crippen molar-refractivity contribution in [2.45, 2.75) is 63.0 Å². The standard InChI is InChI=1S/C23H32F3N3O3/c1-15-14-28(22(2)6-8-27(9-7-22)21(30)31)10-11-29(15)19-13-20(32-3)18-12-16(23(24,25)26)4-5-17(18)19/h4-5,12,15,19-20H,6-11,13-14H2,1-3H3,(H,30,31)/t15-,19?,20?/m0/s1. The number of piperazine rings is 1. The fourth-order valence-electron chi connectivity index (χ4n) is 5.75. The number of benzene rings is 1. The maximum Gasteiger partial charge on any atom is 0.416 e. The minimum atomic E-state index is -4.37. The Bertz CT molecular complexity index is 855. The molecular weight excluding hydrogens is 423 g/mol. The normalized spacial score (nSPS) is 29.2. The number of hydrogen-bond donors (Lipinski definition) is 1. The Morgan fingerprint density at radius 1 is 1.16 bits per heavy atom. The third-order valence-corrected chi connectivity index (χ3v) is 7.80. The summed E-state index contributed by atoms with van der Waals surface area (Å²) in [6.45, 7) is 8.03. The Morgan fingerprint density at radius 2 is 1.84 bits per heavy atom. The molecular formula is C23H32F3N3O3. The van der Waals surface area contributed by atoms with Crippen LogP contribution in [0, 0.1) is 0 Å². The van der Waals surface area contributed by atoms with Gasteiger partial charge in [0.2, 0.25) is 0 Å². The van der Waals surface area contributed by atoms with Crippen molar-refractivity contribution in [2.24, 2.45) is 0 Å². The van der Waals surface area contributed by atoms with Gasteiger partial charge >= 0.3 is 12.3 Å². The fourth-order valence-corrected chi connectivity index (χ4v) is 5.75. The van der Waals surface area contributed by atoms with E-state index in [0.29, 0.717) is 25.1 Å². The van der Waals surface area contributed by atoms with E-state index >= 15 is 0 Å². The molecule has 1 N–H and O–H groups in total. The lowest BCUT2D eigenvalue weighted by atomic mass is 9.86. The predicted octanol–water partition coefficient (Wildman–Crippen LogP) is 4.38. The van der Waals surface area contributed by atoms with Crippen molar-refractivity contribution in [1.82, 2.24) is 14.7 Å². The summed E-state index contributed by atoms with van der Waals surface area (Å²) in [5.41, 5.74) is 0.926. The molecule has 1 aromatic carbocycles. The molecule has 2 unspecified atom stereocenters. The highest BCUT2D eigenvalue weighted by Gasteiger charge is 2.44. The Kier molecular flexibility index (Phi) is 6.19. The Balaban J connectivity index is 1.47. The quantitative estimate of drug-likeness (QED) is 0.733. The lowest BCUT2D eigenvalue weighted by Crippen LogP contribution is -2.62. The van der Waals surface area contributed by atoms with Gasteiger partial charge in [-0.1, -0.05) is 6.07 Å². The number of rotatable bonds is 3. The van der Waals surface area contributed by atoms with Crippen molar-refractivity contribution in [3.63, 3.8) is 0 Å². The zero-order chi connectivity index (χ0) is 23.3. The molecule has 6 nitrogen and oxygen atoms in total. The molecule has 1 aromatic rings. The number of carboxylic acid groups (broad SMARTS) is 1. The van der Waals surface area contributed by atoms with Crippen LogP contribution in [0.25, 0.3) is 0 Å². The molecule has 0 spiro atoms. The third kappa shape index (κ3) is 4.22. The van der Waals surface area contributed by atoms with Crippen molar-refractivity contribution in [3.05, 3.63) is 34.9 Å². The molecule has 1 aliphatic carbocycles. The summed E-state index contributed by atoms with van der Waals surface area (Å²) in [5.74, 6) is 0. The smallest absolute Gasteiger partial charge is 0.416 e. The van der Waals surface area contributed by atoms with E-state index in [1.807, 2.05) is 0 Å². The van der Waals surface area contributed by atoms with Gasteiger partial charge in [0.05, 0.1) is 11.7 Å². The molecule has 0 bridgehead atoms. The summed E-state index contributed by atoms with van der Waals surface area (Å²) in [4.78, 5) is 17.6. The summed E-state index contributed by atoms with van der Waals surface area (Å²) in [6, 6.07) is 4.33. The second kappa shape index (κ2) is 8.50. The predicted molar refractivity (Wildman–Crippen MR) is 114 cm³/mol. The van der Waals surface area contributed by atoms with Gasteiger partial charge in [-0.05, 0) is 56.4 Å². The van der Waals surface area contributed by atoms with Crippen molar-refractivity contribution >= 4 is 6.09 Å². The Labute approximate surface area is 186 Å². The maximum atomic E-state index is 13.2. The van der Waals surface area contributed by atoms with Crippen LogP contribution in [0.1, 0.15) is 61.9 Å². The molecule has 9 heteroatoms. The van der Waals surface area contributed by atoms with Gasteiger partial charge in [-0.2, -0.15) is 13.2 Å². The Morgan fingerprint density at radius 3 is 2.41 bits per heavy atom. The summed E-state index contributed by atoms with van der Waals surface area (Å²) >= 11 is 0. The maximum absolute atomic E-state index is 13.2. The number of likely N-dealkylation sites (tertiary alicyclic amines) is 1. The first-order chi connectivity index (χ1) is 15.0. The number of piperidine rings is 1. The first-order valence-electron chi connectivity index (χ1n) is 11.3. The van der Waals surface area contributed by atoms with E-state index in [1.165, 1.54) is 17.0 Å². The van der Waals surface area contributed by atoms with Gasteiger partial charge < -0.3 is 14.7 Å². The van der Waals surface area contributed by atoms with Crippen LogP contribution in [0.4, 0.5) is 18.0 Å². The molecule has 0 radical (unpaired) electrons. The van der Waals surface area contributed by atoms with E-state index in [0.717, 1.165) is 38.0 Å². The fraction of sp³-hybridized carbons (Fsp3) is 0.696. The van der Waals surface area contributed by atoms with Crippen LogP contribution >= 0.6 is 0 Å². The van der Waals surface area contributed by atoms with Gasteiger partial charge in [-0.25, -0.2) is 4.79 Å². The van der Waals surface area contributed by atoms with E-state index in [-0.39, 0.29) is 23.7 Å². The van der Waals surface area contributed by atoms with E-state index in [4.69, 9.17) is 4.74 Å². The first-order valence-corrected chi connectivity index (χ1v) is 11.3. The van der Waals surface area contributed by atoms with Gasteiger partial charge in [0.1, 0.15) is 0 Å². The minimum Gasteiger partial charge on any atom is -0.465 e. The van der Waals surface area contributed by atoms with Gasteiger partial charge in [0, 0.05) is 57.5 Å². The van der Waals surface area contributed by atoms with Crippen LogP contribution in [-0.4, -0.2) is 77.3 Å². The third-order valence-electron chi connectivity index (χ3n) is 7.80. The topological polar surface area (TPSA) is 56.2 Å². The number of halogens is 3. The van der Waals surface area contributed by atoms with Crippen molar-refractivity contribution < 1.29 is 27.8 Å². The monoisotopic (exact) mass is 455 g/mol. The second-order valence-electron chi connectivity index (χ2n) is 9.62. The molecule has 2 fully saturated rings. The lowest BCUT2D eigenvalue weighted by Gasteiger charge is -2.52. The molecule has 2 saturated heterocycles. The van der Waals surface area contributed by atoms with Crippen molar-refractivity contribution in [3.8, 4) is 0 Å². The van der Waals surface area contributed by atoms with E-state index < -0.39 is 17.8 Å². The van der Waals surface area contributed by atoms with Gasteiger partial charge in [-0.15, -0.1) is 0 Å². The van der Waals surface area contributed by atoms with Crippen LogP contribution < -0.4 is 0 Å². The number of methoxy groups -OCH3 is 1. The summed E-state index contributed by atoms with van der Waals surface area (Å²) in [7, 11) is 1.56. The molecule has 1 amide bonds. The molecule has 2 heterocycles. The highest BCUT2D eigenvalue weighted by atomic mass is 19.4. The van der Waals surface area contributed by atoms with E-state index in [2.05, 4.69) is 23.6 Å². The zero-order valence-corrected chi connectivity index (χ0v) is 18.9. The van der Waals surface area contributed by atoms with E-state index in [9.17, 15) is 23.1 Å². The summed E-state index contributed by atoms with van der Waals surface area (Å²) < 4.78 is 45.3. The number of hydrogen-bond acceptors (Lipinski definition) is 4. The molecule has 178 valence electrons. The lowest BCUT2D eigenvalue weighted by molar-refractivity contribution is -0.137. The zero-order valence-electron chi connectivity index (χ0n) is 18.9. The largest absolute Gasteiger partial charge is 0.465 e. The summed E-state index contributed by atoms with van der Waals surface area (Å²) in [5, 5.41) is 9.23. The number of carbonyl (C=O) groups is 1. The number of amides is 1. The van der Waals surface area contributed by atoms with Crippen LogP contribution in [0.2, 0.25) is 0 Å². The number of fused-ring (bicyclic) bond motifs is 1. The molecule has 2 aliphatic heterocycles. The van der Waals surface area contributed by atoms with Crippen molar-refractivity contribution in [2.75, 3.05) is 39.8 Å². The SMILES string of the molecule is COC1CC(N2CCN(C3(C)CCN(C(=O)O)CC3)C[C@@H]2C)c2ccc(C(F)(F)F)cc21. The molecule has 3 aliphatic rings. The van der Waals surface area contributed by atoms with Gasteiger partial charge in [0.15, 0.2) is 0 Å². The molecule has 32 heavy (non-hydrogen) atoms. The first kappa shape index (κ1) is 23.3. The van der Waals surface area contributed by atoms with Crippen LogP contribution in [0.5, 0.6) is 0 Å². The number of alkyl halides is 3. The highest BCUT2D eigenvalue weighted by Crippen LogP contribution is 2.47. The molecule has 0 aromatic heterocycles. The van der Waals surface area contributed by atoms with E-state index in [1.54, 1.807) is 13.2 Å². The highest BCUT2D eigenvalue weighted by molar-refractivity contribution is 5.65. The molecule has 3 atom stereocenters. The number of ether oxygens (including phenoxy) is 1. The Hall–Kier alpha value is -1.84. The van der Waals surface area contributed by atoms with Crippen LogP contribution in [-0.2, 0) is 10.9 Å². The average molecular weight is 456 g/mol. The molecule has 4 rings (SSSR count). The van der Waals surface area contributed by atoms with Gasteiger partial charge in [0.25, 0.3) is 0 Å². The summed E-state index contributed by atoms with van der Waals surface area (Å²) in [6.07, 6.45) is -3.28. The van der Waals surface area contributed by atoms with Gasteiger partial charge in [-0.3, -0.25) is 9.80 Å². The molecule has 0 saturated carbocycles. The van der Waals surface area contributed by atoms with Crippen LogP contribution in [0.15, 0.2) is 18.2 Å². The number of nitrogens with zero attached hydrogens (tertiary/aromatic N) is 3. The van der Waals surface area contributed by atoms with Crippen LogP contribution in [0.3, 0.4) is 0 Å².